The summed E-state index contributed by atoms with van der Waals surface area (Å²) in [5.74, 6) is 1.00. The van der Waals surface area contributed by atoms with E-state index in [-0.39, 0.29) is 6.10 Å². The molecule has 5 nitrogen and oxygen atoms in total. The number of hydrogen-bond donors (Lipinski definition) is 1. The number of aromatic nitrogens is 2. The third-order valence-corrected chi connectivity index (χ3v) is 3.73. The first-order valence-corrected chi connectivity index (χ1v) is 6.73. The molecule has 6 heteroatoms. The molecule has 1 atom stereocenters. The summed E-state index contributed by atoms with van der Waals surface area (Å²) in [7, 11) is 1.94. The number of imidazole rings is 1. The lowest BCUT2D eigenvalue weighted by Gasteiger charge is -2.34. The van der Waals surface area contributed by atoms with Crippen molar-refractivity contribution in [3.8, 4) is 0 Å². The fraction of sp³-hybridized carbons (Fsp3) is 0.750. The zero-order valence-electron chi connectivity index (χ0n) is 11.0. The van der Waals surface area contributed by atoms with E-state index in [4.69, 9.17) is 11.6 Å². The highest BCUT2D eigenvalue weighted by Crippen LogP contribution is 2.12. The molecule has 1 aliphatic rings. The summed E-state index contributed by atoms with van der Waals surface area (Å²) in [5.41, 5.74) is 0. The maximum absolute atomic E-state index is 9.36. The third kappa shape index (κ3) is 3.45. The first kappa shape index (κ1) is 13.8. The van der Waals surface area contributed by atoms with Gasteiger partial charge < -0.3 is 9.67 Å². The van der Waals surface area contributed by atoms with Gasteiger partial charge in [-0.15, -0.1) is 0 Å². The van der Waals surface area contributed by atoms with Crippen LogP contribution < -0.4 is 0 Å². The smallest absolute Gasteiger partial charge is 0.128 e. The molecule has 0 amide bonds. The number of aliphatic hydroxyl groups excluding tert-OH is 1. The molecule has 2 rings (SSSR count). The van der Waals surface area contributed by atoms with E-state index in [1.807, 2.05) is 18.5 Å². The van der Waals surface area contributed by atoms with E-state index in [1.165, 1.54) is 0 Å². The molecule has 0 radical (unpaired) electrons. The van der Waals surface area contributed by atoms with Gasteiger partial charge in [0, 0.05) is 39.8 Å². The van der Waals surface area contributed by atoms with Gasteiger partial charge in [0.1, 0.15) is 11.0 Å². The van der Waals surface area contributed by atoms with Crippen molar-refractivity contribution >= 4 is 11.6 Å². The molecule has 18 heavy (non-hydrogen) atoms. The van der Waals surface area contributed by atoms with E-state index in [1.54, 1.807) is 6.20 Å². The average Bonchev–Trinajstić information content (AvgIpc) is 2.63. The second-order valence-electron chi connectivity index (χ2n) is 4.98. The van der Waals surface area contributed by atoms with Crippen molar-refractivity contribution in [3.63, 3.8) is 0 Å². The molecule has 0 bridgehead atoms. The summed E-state index contributed by atoms with van der Waals surface area (Å²) in [5, 5.41) is 10.0. The number of halogens is 1. The zero-order valence-corrected chi connectivity index (χ0v) is 11.8. The summed E-state index contributed by atoms with van der Waals surface area (Å²) < 4.78 is 1.92. The standard InChI is InChI=1S/C12H21ClN4O/c1-10(18)8-16-3-5-17(6-4-16)9-12-14-7-11(13)15(12)2/h7,10,18H,3-6,8-9H2,1-2H3/t10-/m0/s1. The lowest BCUT2D eigenvalue weighted by atomic mass is 10.2. The maximum Gasteiger partial charge on any atom is 0.128 e. The molecule has 1 N–H and O–H groups in total. The van der Waals surface area contributed by atoms with Crippen molar-refractivity contribution in [1.29, 1.82) is 0 Å². The molecule has 1 aliphatic heterocycles. The summed E-state index contributed by atoms with van der Waals surface area (Å²) >= 11 is 5.97. The summed E-state index contributed by atoms with van der Waals surface area (Å²) in [6.45, 7) is 7.47. The minimum Gasteiger partial charge on any atom is -0.392 e. The predicted octanol–water partition coefficient (Wildman–Crippen LogP) is 0.572. The Kier molecular flexibility index (Phi) is 4.61. The van der Waals surface area contributed by atoms with Crippen LogP contribution in [-0.4, -0.2) is 63.3 Å². The van der Waals surface area contributed by atoms with Crippen LogP contribution in [0.3, 0.4) is 0 Å². The van der Waals surface area contributed by atoms with Crippen molar-refractivity contribution in [2.24, 2.45) is 7.05 Å². The molecule has 1 fully saturated rings. The Bertz CT molecular complexity index is 385. The minimum absolute atomic E-state index is 0.245. The van der Waals surface area contributed by atoms with Gasteiger partial charge in [-0.25, -0.2) is 4.98 Å². The largest absolute Gasteiger partial charge is 0.392 e. The summed E-state index contributed by atoms with van der Waals surface area (Å²) in [6, 6.07) is 0. The lowest BCUT2D eigenvalue weighted by Crippen LogP contribution is -2.48. The Morgan fingerprint density at radius 2 is 1.94 bits per heavy atom. The van der Waals surface area contributed by atoms with Crippen LogP contribution in [0.4, 0.5) is 0 Å². The van der Waals surface area contributed by atoms with Gasteiger partial charge >= 0.3 is 0 Å². The molecule has 1 saturated heterocycles. The Hall–Kier alpha value is -0.620. The van der Waals surface area contributed by atoms with Crippen LogP contribution in [-0.2, 0) is 13.6 Å². The van der Waals surface area contributed by atoms with Crippen LogP contribution in [0.5, 0.6) is 0 Å². The van der Waals surface area contributed by atoms with Crippen molar-refractivity contribution in [2.45, 2.75) is 19.6 Å². The summed E-state index contributed by atoms with van der Waals surface area (Å²) in [4.78, 5) is 8.98. The predicted molar refractivity (Wildman–Crippen MR) is 71.6 cm³/mol. The molecule has 0 unspecified atom stereocenters. The van der Waals surface area contributed by atoms with E-state index >= 15 is 0 Å². The highest BCUT2D eigenvalue weighted by molar-refractivity contribution is 6.29. The second kappa shape index (κ2) is 6.02. The first-order chi connectivity index (χ1) is 8.56. The Balaban J connectivity index is 1.82. The topological polar surface area (TPSA) is 44.5 Å². The molecule has 1 aromatic heterocycles. The van der Waals surface area contributed by atoms with Gasteiger partial charge in [-0.3, -0.25) is 9.80 Å². The van der Waals surface area contributed by atoms with Crippen LogP contribution in [0.2, 0.25) is 5.15 Å². The van der Waals surface area contributed by atoms with Crippen molar-refractivity contribution in [2.75, 3.05) is 32.7 Å². The highest BCUT2D eigenvalue weighted by Gasteiger charge is 2.19. The van der Waals surface area contributed by atoms with Gasteiger partial charge in [0.2, 0.25) is 0 Å². The number of hydrogen-bond acceptors (Lipinski definition) is 4. The van der Waals surface area contributed by atoms with Crippen LogP contribution in [0, 0.1) is 0 Å². The van der Waals surface area contributed by atoms with Gasteiger partial charge in [0.25, 0.3) is 0 Å². The zero-order chi connectivity index (χ0) is 13.1. The molecule has 0 aromatic carbocycles. The number of rotatable bonds is 4. The second-order valence-corrected chi connectivity index (χ2v) is 5.37. The van der Waals surface area contributed by atoms with Crippen LogP contribution in [0.1, 0.15) is 12.7 Å². The SMILES string of the molecule is C[C@H](O)CN1CCN(Cc2ncc(Cl)n2C)CC1. The fourth-order valence-electron chi connectivity index (χ4n) is 2.27. The fourth-order valence-corrected chi connectivity index (χ4v) is 2.42. The molecule has 0 saturated carbocycles. The van der Waals surface area contributed by atoms with E-state index in [0.717, 1.165) is 45.1 Å². The van der Waals surface area contributed by atoms with Crippen LogP contribution in [0.25, 0.3) is 0 Å². The Morgan fingerprint density at radius 3 is 2.44 bits per heavy atom. The van der Waals surface area contributed by atoms with E-state index in [2.05, 4.69) is 14.8 Å². The Morgan fingerprint density at radius 1 is 1.33 bits per heavy atom. The number of aliphatic hydroxyl groups is 1. The molecule has 1 aromatic rings. The van der Waals surface area contributed by atoms with Gasteiger partial charge in [-0.1, -0.05) is 11.6 Å². The Labute approximate surface area is 113 Å². The normalized spacial score (nSPS) is 20.2. The minimum atomic E-state index is -0.245. The third-order valence-electron chi connectivity index (χ3n) is 3.38. The molecule has 0 spiro atoms. The van der Waals surface area contributed by atoms with E-state index in [9.17, 15) is 5.11 Å². The van der Waals surface area contributed by atoms with E-state index in [0.29, 0.717) is 5.15 Å². The number of nitrogens with zero attached hydrogens (tertiary/aromatic N) is 4. The van der Waals surface area contributed by atoms with E-state index < -0.39 is 0 Å². The van der Waals surface area contributed by atoms with Crippen molar-refractivity contribution in [3.05, 3.63) is 17.2 Å². The van der Waals surface area contributed by atoms with Gasteiger partial charge in [0.05, 0.1) is 18.8 Å². The van der Waals surface area contributed by atoms with Crippen LogP contribution >= 0.6 is 11.6 Å². The monoisotopic (exact) mass is 272 g/mol. The van der Waals surface area contributed by atoms with Gasteiger partial charge in [-0.2, -0.15) is 0 Å². The molecule has 0 aliphatic carbocycles. The van der Waals surface area contributed by atoms with Gasteiger partial charge in [0.15, 0.2) is 0 Å². The molecular weight excluding hydrogens is 252 g/mol. The molecular formula is C12H21ClN4O. The lowest BCUT2D eigenvalue weighted by molar-refractivity contribution is 0.0768. The van der Waals surface area contributed by atoms with Crippen molar-refractivity contribution < 1.29 is 5.11 Å². The first-order valence-electron chi connectivity index (χ1n) is 6.35. The molecule has 2 heterocycles. The average molecular weight is 273 g/mol. The maximum atomic E-state index is 9.36. The summed E-state index contributed by atoms with van der Waals surface area (Å²) in [6.07, 6.45) is 1.45. The number of β-amino-alcohol motifs (C(OH)–C–C–N with tert-alkyl or cyclic N) is 1. The quantitative estimate of drug-likeness (QED) is 0.871. The molecule has 102 valence electrons. The van der Waals surface area contributed by atoms with Crippen LogP contribution in [0.15, 0.2) is 6.20 Å². The van der Waals surface area contributed by atoms with Crippen molar-refractivity contribution in [1.82, 2.24) is 19.4 Å². The highest BCUT2D eigenvalue weighted by atomic mass is 35.5. The number of piperazine rings is 1. The van der Waals surface area contributed by atoms with Gasteiger partial charge in [-0.05, 0) is 6.92 Å².